The van der Waals surface area contributed by atoms with E-state index in [0.717, 1.165) is 16.9 Å². The van der Waals surface area contributed by atoms with Gasteiger partial charge in [0.1, 0.15) is 6.04 Å². The minimum Gasteiger partial charge on any atom is -0.481 e. The van der Waals surface area contributed by atoms with E-state index in [-0.39, 0.29) is 0 Å². The molecule has 1 aromatic rings. The van der Waals surface area contributed by atoms with Crippen molar-refractivity contribution in [2.24, 2.45) is 0 Å². The lowest BCUT2D eigenvalue weighted by Crippen LogP contribution is -2.41. The number of nitrogens with one attached hydrogen (secondary N) is 1. The van der Waals surface area contributed by atoms with Gasteiger partial charge in [-0.1, -0.05) is 6.92 Å². The average Bonchev–Trinajstić information content (AvgIpc) is 2.69. The number of aliphatic carboxylic acids is 2. The normalized spacial score (nSPS) is 11.9. The Bertz CT molecular complexity index is 508. The molecular weight excluding hydrogens is 270 g/mol. The van der Waals surface area contributed by atoms with Gasteiger partial charge in [-0.2, -0.15) is 0 Å². The van der Waals surface area contributed by atoms with Crippen LogP contribution >= 0.6 is 11.3 Å². The molecule has 19 heavy (non-hydrogen) atoms. The minimum atomic E-state index is -1.42. The van der Waals surface area contributed by atoms with E-state index < -0.39 is 30.3 Å². The van der Waals surface area contributed by atoms with Crippen LogP contribution in [0.25, 0.3) is 0 Å². The van der Waals surface area contributed by atoms with Crippen molar-refractivity contribution in [1.82, 2.24) is 5.32 Å². The maximum absolute atomic E-state index is 11.9. The highest BCUT2D eigenvalue weighted by Crippen LogP contribution is 2.22. The van der Waals surface area contributed by atoms with E-state index in [4.69, 9.17) is 10.2 Å². The Hall–Kier alpha value is -1.89. The Morgan fingerprint density at radius 2 is 2.00 bits per heavy atom. The monoisotopic (exact) mass is 285 g/mol. The lowest BCUT2D eigenvalue weighted by Gasteiger charge is -2.11. The lowest BCUT2D eigenvalue weighted by atomic mass is 10.2. The number of aryl methyl sites for hydroxylation is 2. The van der Waals surface area contributed by atoms with Gasteiger partial charge in [0.25, 0.3) is 5.91 Å². The van der Waals surface area contributed by atoms with E-state index in [1.807, 2.05) is 13.8 Å². The Balaban J connectivity index is 2.81. The fourth-order valence-corrected chi connectivity index (χ4v) is 2.60. The molecule has 104 valence electrons. The van der Waals surface area contributed by atoms with E-state index in [1.54, 1.807) is 6.07 Å². The molecule has 0 radical (unpaired) electrons. The zero-order valence-corrected chi connectivity index (χ0v) is 11.4. The summed E-state index contributed by atoms with van der Waals surface area (Å²) in [6, 6.07) is 0.284. The molecule has 0 spiro atoms. The second kappa shape index (κ2) is 6.33. The standard InChI is InChI=1S/C12H15NO5S/c1-3-7-4-9(19-6(7)2)11(16)13-8(12(17)18)5-10(14)15/h4,8H,3,5H2,1-2H3,(H,13,16)(H,14,15)(H,17,18)/t8-/m0/s1. The quantitative estimate of drug-likeness (QED) is 0.730. The van der Waals surface area contributed by atoms with Gasteiger partial charge in [-0.15, -0.1) is 11.3 Å². The minimum absolute atomic E-state index is 0.394. The van der Waals surface area contributed by atoms with Gasteiger partial charge in [0, 0.05) is 4.88 Å². The van der Waals surface area contributed by atoms with Gasteiger partial charge >= 0.3 is 11.9 Å². The fraction of sp³-hybridized carbons (Fsp3) is 0.417. The maximum Gasteiger partial charge on any atom is 0.326 e. The van der Waals surface area contributed by atoms with Gasteiger partial charge in [-0.25, -0.2) is 4.79 Å². The molecule has 1 rings (SSSR count). The molecule has 0 aliphatic heterocycles. The smallest absolute Gasteiger partial charge is 0.326 e. The van der Waals surface area contributed by atoms with Crippen LogP contribution in [0.3, 0.4) is 0 Å². The first-order valence-corrected chi connectivity index (χ1v) is 6.51. The first kappa shape index (κ1) is 15.2. The van der Waals surface area contributed by atoms with Gasteiger partial charge in [-0.05, 0) is 25.0 Å². The zero-order valence-electron chi connectivity index (χ0n) is 10.6. The molecule has 6 nitrogen and oxygen atoms in total. The van der Waals surface area contributed by atoms with E-state index in [2.05, 4.69) is 5.32 Å². The lowest BCUT2D eigenvalue weighted by molar-refractivity contribution is -0.145. The molecule has 0 aliphatic carbocycles. The topological polar surface area (TPSA) is 104 Å². The number of hydrogen-bond acceptors (Lipinski definition) is 4. The molecule has 3 N–H and O–H groups in total. The van der Waals surface area contributed by atoms with Crippen LogP contribution in [-0.4, -0.2) is 34.1 Å². The summed E-state index contributed by atoms with van der Waals surface area (Å²) in [4.78, 5) is 34.6. The SMILES string of the molecule is CCc1cc(C(=O)N[C@@H](CC(=O)O)C(=O)O)sc1C. The molecule has 1 heterocycles. The van der Waals surface area contributed by atoms with Crippen molar-refractivity contribution >= 4 is 29.2 Å². The third-order valence-corrected chi connectivity index (χ3v) is 3.70. The van der Waals surface area contributed by atoms with Crippen LogP contribution in [0.5, 0.6) is 0 Å². The van der Waals surface area contributed by atoms with E-state index in [0.29, 0.717) is 4.88 Å². The molecular formula is C12H15NO5S. The summed E-state index contributed by atoms with van der Waals surface area (Å²) in [5.74, 6) is -3.19. The van der Waals surface area contributed by atoms with Crippen LogP contribution in [-0.2, 0) is 16.0 Å². The molecule has 0 bridgehead atoms. The van der Waals surface area contributed by atoms with E-state index in [1.165, 1.54) is 11.3 Å². The maximum atomic E-state index is 11.9. The molecule has 0 saturated carbocycles. The van der Waals surface area contributed by atoms with Crippen LogP contribution < -0.4 is 5.32 Å². The molecule has 0 aromatic carbocycles. The predicted molar refractivity (Wildman–Crippen MR) is 69.6 cm³/mol. The Morgan fingerprint density at radius 1 is 1.37 bits per heavy atom. The number of carboxylic acid groups (broad SMARTS) is 2. The Morgan fingerprint density at radius 3 is 2.42 bits per heavy atom. The largest absolute Gasteiger partial charge is 0.481 e. The Labute approximate surface area is 114 Å². The molecule has 0 saturated heterocycles. The molecule has 7 heteroatoms. The molecule has 0 fully saturated rings. The van der Waals surface area contributed by atoms with Crippen molar-refractivity contribution in [1.29, 1.82) is 0 Å². The van der Waals surface area contributed by atoms with Crippen molar-refractivity contribution in [3.8, 4) is 0 Å². The summed E-state index contributed by atoms with van der Waals surface area (Å²) < 4.78 is 0. The third kappa shape index (κ3) is 4.06. The summed E-state index contributed by atoms with van der Waals surface area (Å²) in [5.41, 5.74) is 1.03. The van der Waals surface area contributed by atoms with Crippen molar-refractivity contribution < 1.29 is 24.6 Å². The summed E-state index contributed by atoms with van der Waals surface area (Å²) >= 11 is 1.27. The molecule has 1 aromatic heterocycles. The number of carbonyl (C=O) groups excluding carboxylic acids is 1. The number of carboxylic acids is 2. The highest BCUT2D eigenvalue weighted by Gasteiger charge is 2.24. The fourth-order valence-electron chi connectivity index (χ4n) is 1.59. The van der Waals surface area contributed by atoms with Gasteiger partial charge in [-0.3, -0.25) is 9.59 Å². The van der Waals surface area contributed by atoms with E-state index >= 15 is 0 Å². The van der Waals surface area contributed by atoms with Crippen LogP contribution in [0, 0.1) is 6.92 Å². The van der Waals surface area contributed by atoms with Crippen molar-refractivity contribution in [3.05, 3.63) is 21.4 Å². The zero-order chi connectivity index (χ0) is 14.6. The molecule has 0 unspecified atom stereocenters. The number of hydrogen-bond donors (Lipinski definition) is 3. The highest BCUT2D eigenvalue weighted by atomic mass is 32.1. The average molecular weight is 285 g/mol. The number of amides is 1. The van der Waals surface area contributed by atoms with Gasteiger partial charge in [0.05, 0.1) is 11.3 Å². The van der Waals surface area contributed by atoms with Crippen molar-refractivity contribution in [2.45, 2.75) is 32.7 Å². The summed E-state index contributed by atoms with van der Waals surface area (Å²) in [6.07, 6.45) is 0.138. The van der Waals surface area contributed by atoms with E-state index in [9.17, 15) is 14.4 Å². The predicted octanol–water partition coefficient (Wildman–Crippen LogP) is 1.28. The second-order valence-electron chi connectivity index (χ2n) is 4.01. The first-order valence-electron chi connectivity index (χ1n) is 5.69. The van der Waals surface area contributed by atoms with Gasteiger partial charge < -0.3 is 15.5 Å². The van der Waals surface area contributed by atoms with Crippen LogP contribution in [0.2, 0.25) is 0 Å². The highest BCUT2D eigenvalue weighted by molar-refractivity contribution is 7.14. The summed E-state index contributed by atoms with van der Waals surface area (Å²) in [7, 11) is 0. The number of thiophene rings is 1. The van der Waals surface area contributed by atoms with Crippen molar-refractivity contribution in [3.63, 3.8) is 0 Å². The second-order valence-corrected chi connectivity index (χ2v) is 5.26. The van der Waals surface area contributed by atoms with Crippen LogP contribution in [0.1, 0.15) is 33.5 Å². The molecule has 0 aliphatic rings. The van der Waals surface area contributed by atoms with Gasteiger partial charge in [0.2, 0.25) is 0 Å². The number of carbonyl (C=O) groups is 3. The first-order chi connectivity index (χ1) is 8.85. The van der Waals surface area contributed by atoms with Gasteiger partial charge in [0.15, 0.2) is 0 Å². The van der Waals surface area contributed by atoms with Crippen LogP contribution in [0.15, 0.2) is 6.07 Å². The Kier molecular flexibility index (Phi) is 5.05. The summed E-state index contributed by atoms with van der Waals surface area (Å²) in [5, 5.41) is 19.7. The molecule has 1 amide bonds. The molecule has 1 atom stereocenters. The number of rotatable bonds is 6. The third-order valence-electron chi connectivity index (χ3n) is 2.61. The van der Waals surface area contributed by atoms with Crippen molar-refractivity contribution in [2.75, 3.05) is 0 Å². The summed E-state index contributed by atoms with van der Waals surface area (Å²) in [6.45, 7) is 3.84. The van der Waals surface area contributed by atoms with Crippen LogP contribution in [0.4, 0.5) is 0 Å².